The van der Waals surface area contributed by atoms with Crippen molar-refractivity contribution in [1.82, 2.24) is 0 Å². The zero-order valence-corrected chi connectivity index (χ0v) is 8.53. The fraction of sp³-hybridized carbons (Fsp3) is 0.364. The van der Waals surface area contributed by atoms with Crippen molar-refractivity contribution in [3.63, 3.8) is 0 Å². The number of carboxylic acid groups (broad SMARTS) is 1. The minimum absolute atomic E-state index is 0.264. The molecule has 1 aromatic carbocycles. The number of benzene rings is 1. The van der Waals surface area contributed by atoms with Crippen LogP contribution in [0.25, 0.3) is 0 Å². The number of hydrogen-bond donors (Lipinski definition) is 3. The van der Waals surface area contributed by atoms with Gasteiger partial charge in [0.2, 0.25) is 0 Å². The van der Waals surface area contributed by atoms with Crippen LogP contribution in [-0.4, -0.2) is 17.1 Å². The van der Waals surface area contributed by atoms with Crippen LogP contribution >= 0.6 is 0 Å². The first kappa shape index (κ1) is 9.83. The summed E-state index contributed by atoms with van der Waals surface area (Å²) in [6.45, 7) is 2.15. The summed E-state index contributed by atoms with van der Waals surface area (Å²) >= 11 is 0. The van der Waals surface area contributed by atoms with Crippen LogP contribution in [0.1, 0.15) is 23.7 Å². The Hall–Kier alpha value is -1.71. The van der Waals surface area contributed by atoms with Gasteiger partial charge in [-0.05, 0) is 30.5 Å². The van der Waals surface area contributed by atoms with E-state index in [0.717, 1.165) is 12.1 Å². The van der Waals surface area contributed by atoms with Gasteiger partial charge in [-0.15, -0.1) is 0 Å². The lowest BCUT2D eigenvalue weighted by atomic mass is 10.1. The predicted molar refractivity (Wildman–Crippen MR) is 59.0 cm³/mol. The number of rotatable bonds is 3. The van der Waals surface area contributed by atoms with Gasteiger partial charge in [0.05, 0.1) is 16.9 Å². The van der Waals surface area contributed by atoms with Crippen LogP contribution in [0.5, 0.6) is 0 Å². The molecule has 0 spiro atoms. The van der Waals surface area contributed by atoms with E-state index in [1.807, 2.05) is 0 Å². The van der Waals surface area contributed by atoms with Crippen molar-refractivity contribution >= 4 is 17.3 Å². The first-order chi connectivity index (χ1) is 7.08. The summed E-state index contributed by atoms with van der Waals surface area (Å²) in [6, 6.07) is 5.16. The molecule has 1 aliphatic rings. The Labute approximate surface area is 88.1 Å². The third-order valence-corrected chi connectivity index (χ3v) is 2.75. The van der Waals surface area contributed by atoms with Crippen LogP contribution in [0, 0.1) is 5.92 Å². The van der Waals surface area contributed by atoms with Crippen LogP contribution in [0.2, 0.25) is 0 Å². The molecule has 80 valence electrons. The van der Waals surface area contributed by atoms with E-state index in [-0.39, 0.29) is 5.56 Å². The van der Waals surface area contributed by atoms with E-state index in [9.17, 15) is 4.79 Å². The summed E-state index contributed by atoms with van der Waals surface area (Å²) < 4.78 is 0. The largest absolute Gasteiger partial charge is 0.478 e. The van der Waals surface area contributed by atoms with Gasteiger partial charge >= 0.3 is 5.97 Å². The number of carboxylic acids is 1. The summed E-state index contributed by atoms with van der Waals surface area (Å²) in [5.41, 5.74) is 7.34. The molecule has 1 aliphatic carbocycles. The summed E-state index contributed by atoms with van der Waals surface area (Å²) in [4.78, 5) is 10.8. The average Bonchev–Trinajstić information content (AvgIpc) is 2.85. The Morgan fingerprint density at radius 3 is 2.80 bits per heavy atom. The fourth-order valence-electron chi connectivity index (χ4n) is 1.54. The zero-order valence-electron chi connectivity index (χ0n) is 8.53. The average molecular weight is 206 g/mol. The maximum absolute atomic E-state index is 10.8. The van der Waals surface area contributed by atoms with Crippen molar-refractivity contribution in [3.05, 3.63) is 23.8 Å². The third kappa shape index (κ3) is 2.03. The van der Waals surface area contributed by atoms with Crippen molar-refractivity contribution in [3.8, 4) is 0 Å². The summed E-state index contributed by atoms with van der Waals surface area (Å²) in [7, 11) is 0. The number of nitrogens with one attached hydrogen (secondary N) is 1. The molecule has 0 radical (unpaired) electrons. The van der Waals surface area contributed by atoms with Crippen LogP contribution in [0.3, 0.4) is 0 Å². The first-order valence-electron chi connectivity index (χ1n) is 4.97. The van der Waals surface area contributed by atoms with E-state index >= 15 is 0 Å². The van der Waals surface area contributed by atoms with Gasteiger partial charge in [0.15, 0.2) is 0 Å². The molecule has 4 heteroatoms. The highest BCUT2D eigenvalue weighted by Gasteiger charge is 2.32. The van der Waals surface area contributed by atoms with Crippen LogP contribution in [0.15, 0.2) is 18.2 Å². The van der Waals surface area contributed by atoms with Crippen molar-refractivity contribution < 1.29 is 9.90 Å². The first-order valence-corrected chi connectivity index (χ1v) is 4.97. The highest BCUT2D eigenvalue weighted by molar-refractivity contribution is 5.90. The zero-order chi connectivity index (χ0) is 11.0. The highest BCUT2D eigenvalue weighted by atomic mass is 16.4. The van der Waals surface area contributed by atoms with E-state index < -0.39 is 5.97 Å². The summed E-state index contributed by atoms with van der Waals surface area (Å²) in [5, 5.41) is 12.1. The Balaban J connectivity index is 2.20. The minimum Gasteiger partial charge on any atom is -0.478 e. The van der Waals surface area contributed by atoms with E-state index in [1.165, 1.54) is 6.07 Å². The predicted octanol–water partition coefficient (Wildman–Crippen LogP) is 1.79. The van der Waals surface area contributed by atoms with Crippen molar-refractivity contribution in [2.45, 2.75) is 19.4 Å². The Bertz CT molecular complexity index is 404. The normalized spacial score (nSPS) is 23.5. The van der Waals surface area contributed by atoms with Gasteiger partial charge < -0.3 is 16.2 Å². The monoisotopic (exact) mass is 206 g/mol. The number of nitrogen functional groups attached to an aromatic ring is 1. The number of hydrogen-bond acceptors (Lipinski definition) is 3. The third-order valence-electron chi connectivity index (χ3n) is 2.75. The molecule has 0 aromatic heterocycles. The molecule has 0 amide bonds. The smallest absolute Gasteiger partial charge is 0.335 e. The molecular weight excluding hydrogens is 192 g/mol. The van der Waals surface area contributed by atoms with E-state index in [0.29, 0.717) is 17.6 Å². The lowest BCUT2D eigenvalue weighted by Crippen LogP contribution is -2.07. The topological polar surface area (TPSA) is 75.3 Å². The molecule has 0 bridgehead atoms. The van der Waals surface area contributed by atoms with Gasteiger partial charge in [-0.3, -0.25) is 0 Å². The fourth-order valence-corrected chi connectivity index (χ4v) is 1.54. The van der Waals surface area contributed by atoms with Crippen molar-refractivity contribution in [1.29, 1.82) is 0 Å². The standard InChI is InChI=1S/C11H14N2O2/c1-6-4-9(6)13-10-5-7(11(14)15)2-3-8(10)12/h2-3,5-6,9,13H,4,12H2,1H3,(H,14,15). The van der Waals surface area contributed by atoms with E-state index in [4.69, 9.17) is 10.8 Å². The Kier molecular flexibility index (Phi) is 2.26. The number of anilines is 2. The molecule has 2 rings (SSSR count). The molecule has 2 atom stereocenters. The second-order valence-electron chi connectivity index (χ2n) is 4.07. The number of nitrogens with two attached hydrogens (primary N) is 1. The molecule has 1 saturated carbocycles. The van der Waals surface area contributed by atoms with Crippen molar-refractivity contribution in [2.75, 3.05) is 11.1 Å². The van der Waals surface area contributed by atoms with Gasteiger partial charge in [-0.25, -0.2) is 4.79 Å². The second-order valence-corrected chi connectivity index (χ2v) is 4.07. The molecule has 0 saturated heterocycles. The lowest BCUT2D eigenvalue weighted by Gasteiger charge is -2.09. The molecule has 15 heavy (non-hydrogen) atoms. The van der Waals surface area contributed by atoms with E-state index in [2.05, 4.69) is 12.2 Å². The molecule has 1 aromatic rings. The maximum atomic E-state index is 10.8. The van der Waals surface area contributed by atoms with Crippen molar-refractivity contribution in [2.24, 2.45) is 5.92 Å². The Morgan fingerprint density at radius 1 is 1.60 bits per heavy atom. The molecule has 0 heterocycles. The number of aromatic carboxylic acids is 1. The summed E-state index contributed by atoms with van der Waals surface area (Å²) in [6.07, 6.45) is 1.12. The minimum atomic E-state index is -0.929. The van der Waals surface area contributed by atoms with Gasteiger partial charge in [0.1, 0.15) is 0 Å². The molecule has 0 aliphatic heterocycles. The van der Waals surface area contributed by atoms with Crippen LogP contribution in [-0.2, 0) is 0 Å². The summed E-state index contributed by atoms with van der Waals surface area (Å²) in [5.74, 6) is -0.278. The molecule has 2 unspecified atom stereocenters. The maximum Gasteiger partial charge on any atom is 0.335 e. The van der Waals surface area contributed by atoms with Gasteiger partial charge in [-0.2, -0.15) is 0 Å². The molecule has 4 N–H and O–H groups in total. The second kappa shape index (κ2) is 3.46. The van der Waals surface area contributed by atoms with Crippen LogP contribution in [0.4, 0.5) is 11.4 Å². The van der Waals surface area contributed by atoms with Gasteiger partial charge in [0, 0.05) is 6.04 Å². The molecule has 4 nitrogen and oxygen atoms in total. The molecule has 1 fully saturated rings. The number of carbonyl (C=O) groups is 1. The Morgan fingerprint density at radius 2 is 2.27 bits per heavy atom. The highest BCUT2D eigenvalue weighted by Crippen LogP contribution is 2.34. The van der Waals surface area contributed by atoms with Crippen LogP contribution < -0.4 is 11.1 Å². The lowest BCUT2D eigenvalue weighted by molar-refractivity contribution is 0.0697. The van der Waals surface area contributed by atoms with Gasteiger partial charge in [-0.1, -0.05) is 6.92 Å². The molecular formula is C11H14N2O2. The quantitative estimate of drug-likeness (QED) is 0.659. The van der Waals surface area contributed by atoms with Gasteiger partial charge in [0.25, 0.3) is 0 Å². The van der Waals surface area contributed by atoms with E-state index in [1.54, 1.807) is 12.1 Å². The SMILES string of the molecule is CC1CC1Nc1cc(C(=O)O)ccc1N.